The van der Waals surface area contributed by atoms with Crippen molar-refractivity contribution >= 4 is 28.9 Å². The zero-order valence-electron chi connectivity index (χ0n) is 16.0. The largest absolute Gasteiger partial charge is 0.401 e. The number of hydrogen-bond acceptors (Lipinski definition) is 4. The summed E-state index contributed by atoms with van der Waals surface area (Å²) in [6, 6.07) is 15.8. The fraction of sp³-hybridized carbons (Fsp3) is 0.250. The number of halogens is 3. The molecule has 0 aliphatic rings. The van der Waals surface area contributed by atoms with Gasteiger partial charge in [-0.1, -0.05) is 42.5 Å². The number of nitrogens with zero attached hydrogens (tertiary/aromatic N) is 5. The molecule has 30 heavy (non-hydrogen) atoms. The van der Waals surface area contributed by atoms with Crippen molar-refractivity contribution < 1.29 is 13.2 Å². The molecule has 0 aliphatic carbocycles. The van der Waals surface area contributed by atoms with Gasteiger partial charge in [0.25, 0.3) is 5.56 Å². The molecule has 2 aromatic heterocycles. The van der Waals surface area contributed by atoms with E-state index < -0.39 is 12.7 Å². The lowest BCUT2D eigenvalue weighted by atomic mass is 10.2. The van der Waals surface area contributed by atoms with Crippen LogP contribution in [-0.4, -0.2) is 36.4 Å². The highest BCUT2D eigenvalue weighted by Crippen LogP contribution is 2.20. The van der Waals surface area contributed by atoms with Crippen LogP contribution in [0.2, 0.25) is 0 Å². The summed E-state index contributed by atoms with van der Waals surface area (Å²) in [5.41, 5.74) is 1.06. The lowest BCUT2D eigenvalue weighted by Crippen LogP contribution is -2.35. The molecule has 10 heteroatoms. The van der Waals surface area contributed by atoms with Gasteiger partial charge in [0.05, 0.1) is 24.1 Å². The molecule has 0 amide bonds. The fourth-order valence-electron chi connectivity index (χ4n) is 3.48. The first-order valence-electron chi connectivity index (χ1n) is 9.15. The Morgan fingerprint density at radius 1 is 1.07 bits per heavy atom. The van der Waals surface area contributed by atoms with Crippen LogP contribution in [0.25, 0.3) is 16.7 Å². The third-order valence-electron chi connectivity index (χ3n) is 4.79. The van der Waals surface area contributed by atoms with E-state index in [1.807, 2.05) is 0 Å². The van der Waals surface area contributed by atoms with Crippen LogP contribution in [-0.2, 0) is 20.3 Å². The van der Waals surface area contributed by atoms with Crippen molar-refractivity contribution in [3.63, 3.8) is 0 Å². The van der Waals surface area contributed by atoms with E-state index in [0.717, 1.165) is 5.56 Å². The molecule has 0 atom stereocenters. The summed E-state index contributed by atoms with van der Waals surface area (Å²) in [6.07, 6.45) is -4.38. The minimum absolute atomic E-state index is 0.0790. The SMILES string of the molecule is Cn1c(=O)c2ccccc2n2c(=S)n(CN(Cc3ccccc3)CC(F)(F)F)nc12. The normalized spacial score (nSPS) is 12.3. The highest BCUT2D eigenvalue weighted by Gasteiger charge is 2.31. The van der Waals surface area contributed by atoms with Crippen LogP contribution in [0.3, 0.4) is 0 Å². The van der Waals surface area contributed by atoms with Gasteiger partial charge < -0.3 is 0 Å². The van der Waals surface area contributed by atoms with Crippen molar-refractivity contribution in [2.75, 3.05) is 6.54 Å². The topological polar surface area (TPSA) is 47.5 Å². The maximum atomic E-state index is 13.2. The number of para-hydroxylation sites is 1. The summed E-state index contributed by atoms with van der Waals surface area (Å²) in [4.78, 5) is 13.8. The Labute approximate surface area is 174 Å². The van der Waals surface area contributed by atoms with Crippen molar-refractivity contribution in [1.82, 2.24) is 23.6 Å². The van der Waals surface area contributed by atoms with E-state index in [2.05, 4.69) is 5.10 Å². The van der Waals surface area contributed by atoms with Crippen LogP contribution < -0.4 is 5.56 Å². The fourth-order valence-corrected chi connectivity index (χ4v) is 3.76. The highest BCUT2D eigenvalue weighted by atomic mass is 32.1. The molecule has 4 aromatic rings. The molecule has 0 unspecified atom stereocenters. The molecule has 0 N–H and O–H groups in total. The Kier molecular flexibility index (Phi) is 5.20. The van der Waals surface area contributed by atoms with Gasteiger partial charge in [0, 0.05) is 13.6 Å². The molecular formula is C20H18F3N5OS. The van der Waals surface area contributed by atoms with Gasteiger partial charge in [0.1, 0.15) is 0 Å². The van der Waals surface area contributed by atoms with E-state index in [1.165, 1.54) is 14.1 Å². The van der Waals surface area contributed by atoms with Gasteiger partial charge in [-0.15, -0.1) is 5.10 Å². The Bertz CT molecular complexity index is 1320. The molecule has 6 nitrogen and oxygen atoms in total. The van der Waals surface area contributed by atoms with Gasteiger partial charge in [0.15, 0.2) is 0 Å². The molecule has 2 heterocycles. The van der Waals surface area contributed by atoms with E-state index in [0.29, 0.717) is 10.9 Å². The van der Waals surface area contributed by atoms with E-state index >= 15 is 0 Å². The third-order valence-corrected chi connectivity index (χ3v) is 5.18. The van der Waals surface area contributed by atoms with Crippen molar-refractivity contribution in [1.29, 1.82) is 0 Å². The van der Waals surface area contributed by atoms with Gasteiger partial charge in [-0.25, -0.2) is 4.68 Å². The van der Waals surface area contributed by atoms with Gasteiger partial charge >= 0.3 is 6.18 Å². The monoisotopic (exact) mass is 433 g/mol. The Balaban J connectivity index is 1.80. The first kappa shape index (κ1) is 20.3. The van der Waals surface area contributed by atoms with Gasteiger partial charge in [-0.3, -0.25) is 18.7 Å². The van der Waals surface area contributed by atoms with Crippen LogP contribution in [0, 0.1) is 4.77 Å². The second kappa shape index (κ2) is 7.69. The maximum absolute atomic E-state index is 13.2. The summed E-state index contributed by atoms with van der Waals surface area (Å²) >= 11 is 5.52. The summed E-state index contributed by atoms with van der Waals surface area (Å²) in [5.74, 6) is 0.273. The van der Waals surface area contributed by atoms with Crippen molar-refractivity contribution in [3.8, 4) is 0 Å². The van der Waals surface area contributed by atoms with Crippen LogP contribution in [0.5, 0.6) is 0 Å². The Morgan fingerprint density at radius 3 is 2.43 bits per heavy atom. The summed E-state index contributed by atoms with van der Waals surface area (Å²) in [5, 5.41) is 4.82. The average Bonchev–Trinajstić information content (AvgIpc) is 3.02. The van der Waals surface area contributed by atoms with Gasteiger partial charge in [-0.2, -0.15) is 13.2 Å². The zero-order chi connectivity index (χ0) is 21.5. The smallest absolute Gasteiger partial charge is 0.279 e. The standard InChI is InChI=1S/C20H18F3N5OS/c1-25-17(29)15-9-5-6-10-16(15)28-18(25)24-27(19(28)30)13-26(12-20(21,22)23)11-14-7-3-2-4-8-14/h2-10H,11-13H2,1H3. The third kappa shape index (κ3) is 3.88. The number of rotatable bonds is 5. The van der Waals surface area contributed by atoms with E-state index in [9.17, 15) is 18.0 Å². The molecule has 0 radical (unpaired) electrons. The predicted molar refractivity (Wildman–Crippen MR) is 110 cm³/mol. The number of fused-ring (bicyclic) bond motifs is 3. The van der Waals surface area contributed by atoms with Crippen LogP contribution in [0.15, 0.2) is 59.4 Å². The van der Waals surface area contributed by atoms with Gasteiger partial charge in [-0.05, 0) is 29.9 Å². The maximum Gasteiger partial charge on any atom is 0.401 e. The number of benzene rings is 2. The van der Waals surface area contributed by atoms with E-state index in [-0.39, 0.29) is 29.3 Å². The quantitative estimate of drug-likeness (QED) is 0.450. The summed E-state index contributed by atoms with van der Waals surface area (Å²) in [7, 11) is 1.56. The average molecular weight is 433 g/mol. The lowest BCUT2D eigenvalue weighted by Gasteiger charge is -2.23. The molecule has 2 aromatic carbocycles. The van der Waals surface area contributed by atoms with Gasteiger partial charge in [0.2, 0.25) is 10.5 Å². The van der Waals surface area contributed by atoms with Crippen molar-refractivity contribution in [3.05, 3.63) is 75.3 Å². The van der Waals surface area contributed by atoms with E-state index in [1.54, 1.807) is 66.0 Å². The number of hydrogen-bond donors (Lipinski definition) is 0. The summed E-state index contributed by atoms with van der Waals surface area (Å²) < 4.78 is 44.1. The van der Waals surface area contributed by atoms with Crippen LogP contribution in [0.1, 0.15) is 5.56 Å². The number of aromatic nitrogens is 4. The molecule has 0 fully saturated rings. The molecule has 0 saturated carbocycles. The second-order valence-corrected chi connectivity index (χ2v) is 7.39. The highest BCUT2D eigenvalue weighted by molar-refractivity contribution is 7.71. The number of alkyl halides is 3. The van der Waals surface area contributed by atoms with E-state index in [4.69, 9.17) is 12.2 Å². The Hall–Kier alpha value is -2.98. The molecular weight excluding hydrogens is 415 g/mol. The molecule has 0 bridgehead atoms. The van der Waals surface area contributed by atoms with Crippen molar-refractivity contribution in [2.45, 2.75) is 19.4 Å². The molecule has 4 rings (SSSR count). The molecule has 156 valence electrons. The van der Waals surface area contributed by atoms with Crippen LogP contribution in [0.4, 0.5) is 13.2 Å². The minimum atomic E-state index is -4.38. The lowest BCUT2D eigenvalue weighted by molar-refractivity contribution is -0.151. The molecule has 0 spiro atoms. The Morgan fingerprint density at radius 2 is 1.73 bits per heavy atom. The second-order valence-electron chi connectivity index (χ2n) is 7.03. The first-order chi connectivity index (χ1) is 14.2. The molecule has 0 saturated heterocycles. The van der Waals surface area contributed by atoms with Crippen molar-refractivity contribution in [2.24, 2.45) is 7.05 Å². The first-order valence-corrected chi connectivity index (χ1v) is 9.56. The minimum Gasteiger partial charge on any atom is -0.279 e. The van der Waals surface area contributed by atoms with Crippen LogP contribution >= 0.6 is 12.2 Å². The molecule has 0 aliphatic heterocycles. The number of aryl methyl sites for hydroxylation is 1. The predicted octanol–water partition coefficient (Wildman–Crippen LogP) is 3.74. The summed E-state index contributed by atoms with van der Waals surface area (Å²) in [6.45, 7) is -1.20. The zero-order valence-corrected chi connectivity index (χ0v) is 16.8.